The van der Waals surface area contributed by atoms with Crippen LogP contribution in [-0.2, 0) is 11.8 Å². The molecule has 13 heteroatoms. The third-order valence-corrected chi connectivity index (χ3v) is 7.42. The van der Waals surface area contributed by atoms with E-state index in [-0.39, 0.29) is 18.6 Å². The number of hydrogen-bond acceptors (Lipinski definition) is 10. The third-order valence-electron chi connectivity index (χ3n) is 7.42. The molecule has 1 saturated heterocycles. The van der Waals surface area contributed by atoms with Crippen molar-refractivity contribution in [2.24, 2.45) is 7.05 Å². The van der Waals surface area contributed by atoms with Crippen LogP contribution < -0.4 is 20.7 Å². The molecule has 4 N–H and O–H groups in total. The molecular formula is C30H35N11O2. The third kappa shape index (κ3) is 6.26. The Hall–Kier alpha value is -5.04. The first-order valence-electron chi connectivity index (χ1n) is 14.3. The Morgan fingerprint density at radius 2 is 2.05 bits per heavy atom. The number of nitrogens with zero attached hydrogens (tertiary/aromatic N) is 7. The van der Waals surface area contributed by atoms with E-state index in [0.29, 0.717) is 35.7 Å². The van der Waals surface area contributed by atoms with E-state index < -0.39 is 0 Å². The van der Waals surface area contributed by atoms with Gasteiger partial charge in [-0.1, -0.05) is 12.1 Å². The lowest BCUT2D eigenvalue weighted by molar-refractivity contribution is -0.117. The van der Waals surface area contributed by atoms with Crippen molar-refractivity contribution in [1.82, 2.24) is 39.6 Å². The highest BCUT2D eigenvalue weighted by Gasteiger charge is 2.26. The van der Waals surface area contributed by atoms with E-state index in [2.05, 4.69) is 45.9 Å². The van der Waals surface area contributed by atoms with Crippen LogP contribution in [0.1, 0.15) is 24.6 Å². The van der Waals surface area contributed by atoms with Gasteiger partial charge in [-0.25, -0.2) is 9.97 Å². The number of rotatable bonds is 10. The predicted molar refractivity (Wildman–Crippen MR) is 166 cm³/mol. The molecule has 0 spiro atoms. The van der Waals surface area contributed by atoms with Gasteiger partial charge in [-0.15, -0.1) is 0 Å². The number of para-hydroxylation sites is 1. The summed E-state index contributed by atoms with van der Waals surface area (Å²) in [5.74, 6) is 2.22. The second-order valence-corrected chi connectivity index (χ2v) is 10.7. The van der Waals surface area contributed by atoms with Gasteiger partial charge in [0.25, 0.3) is 0 Å². The van der Waals surface area contributed by atoms with Crippen LogP contribution in [0.25, 0.3) is 22.2 Å². The number of aromatic nitrogens is 7. The van der Waals surface area contributed by atoms with Gasteiger partial charge in [0.15, 0.2) is 5.82 Å². The summed E-state index contributed by atoms with van der Waals surface area (Å²) in [6, 6.07) is 7.79. The lowest BCUT2D eigenvalue weighted by Gasteiger charge is -2.16. The Morgan fingerprint density at radius 1 is 1.16 bits per heavy atom. The van der Waals surface area contributed by atoms with Crippen molar-refractivity contribution in [2.75, 3.05) is 42.1 Å². The van der Waals surface area contributed by atoms with Crippen molar-refractivity contribution in [3.63, 3.8) is 0 Å². The Morgan fingerprint density at radius 3 is 2.86 bits per heavy atom. The van der Waals surface area contributed by atoms with Crippen molar-refractivity contribution >= 4 is 40.1 Å². The SMILES string of the molecule is CCNc1cncc(OC2CCN(CC(=O)Nc3cccc4c(-c5nc(Nc6cc(C)n(C)n6)ncc5C)c[nH]c34)C2)n1. The van der Waals surface area contributed by atoms with E-state index >= 15 is 0 Å². The molecular weight excluding hydrogens is 546 g/mol. The maximum Gasteiger partial charge on any atom is 0.238 e. The number of likely N-dealkylation sites (tertiary alicyclic amines) is 1. The number of carbonyl (C=O) groups is 1. The second-order valence-electron chi connectivity index (χ2n) is 10.7. The van der Waals surface area contributed by atoms with E-state index in [9.17, 15) is 4.79 Å². The molecule has 1 aliphatic rings. The summed E-state index contributed by atoms with van der Waals surface area (Å²) in [5.41, 5.74) is 5.23. The number of aryl methyl sites for hydroxylation is 3. The summed E-state index contributed by atoms with van der Waals surface area (Å²) in [5, 5.41) is 14.8. The van der Waals surface area contributed by atoms with E-state index in [1.807, 2.05) is 58.3 Å². The summed E-state index contributed by atoms with van der Waals surface area (Å²) in [7, 11) is 1.89. The molecule has 43 heavy (non-hydrogen) atoms. The smallest absolute Gasteiger partial charge is 0.238 e. The molecule has 1 fully saturated rings. The van der Waals surface area contributed by atoms with Crippen LogP contribution in [0.4, 0.5) is 23.3 Å². The summed E-state index contributed by atoms with van der Waals surface area (Å²) < 4.78 is 7.84. The first kappa shape index (κ1) is 28.1. The van der Waals surface area contributed by atoms with E-state index in [1.54, 1.807) is 23.3 Å². The Labute approximate surface area is 249 Å². The first-order chi connectivity index (χ1) is 20.9. The monoisotopic (exact) mass is 581 g/mol. The lowest BCUT2D eigenvalue weighted by Crippen LogP contribution is -2.33. The lowest BCUT2D eigenvalue weighted by atomic mass is 10.1. The molecule has 13 nitrogen and oxygen atoms in total. The molecule has 0 saturated carbocycles. The summed E-state index contributed by atoms with van der Waals surface area (Å²) >= 11 is 0. The van der Waals surface area contributed by atoms with Gasteiger partial charge in [-0.05, 0) is 38.8 Å². The molecule has 1 aliphatic heterocycles. The number of nitrogens with one attached hydrogen (secondary N) is 4. The second kappa shape index (κ2) is 12.1. The minimum Gasteiger partial charge on any atom is -0.472 e. The number of ether oxygens (including phenoxy) is 1. The van der Waals surface area contributed by atoms with Crippen LogP contribution in [0.15, 0.2) is 49.1 Å². The standard InChI is InChI=1S/C30H35N11O2/c1-5-32-25-14-31-15-27(36-25)43-20-9-10-41(16-20)17-26(42)35-23-8-6-7-21-22(13-33-29(21)23)28-18(2)12-34-30(38-28)37-24-11-19(3)40(4)39-24/h6-8,11-15,20,33H,5,9-10,16-17H2,1-4H3,(H,32,36)(H,35,42)(H,34,37,38,39). The van der Waals surface area contributed by atoms with Crippen molar-refractivity contribution in [3.8, 4) is 17.1 Å². The van der Waals surface area contributed by atoms with Crippen LogP contribution in [0.5, 0.6) is 5.88 Å². The van der Waals surface area contributed by atoms with Gasteiger partial charge in [0.05, 0.1) is 35.8 Å². The van der Waals surface area contributed by atoms with Crippen LogP contribution in [0.3, 0.4) is 0 Å². The molecule has 5 aromatic rings. The number of carbonyl (C=O) groups excluding carboxylic acids is 1. The minimum atomic E-state index is -0.0893. The maximum absolute atomic E-state index is 13.1. The fourth-order valence-electron chi connectivity index (χ4n) is 5.24. The fourth-order valence-corrected chi connectivity index (χ4v) is 5.24. The van der Waals surface area contributed by atoms with E-state index in [1.165, 1.54) is 0 Å². The topological polar surface area (TPSA) is 151 Å². The summed E-state index contributed by atoms with van der Waals surface area (Å²) in [6.45, 7) is 8.39. The number of benzene rings is 1. The average molecular weight is 582 g/mol. The highest BCUT2D eigenvalue weighted by atomic mass is 16.5. The largest absolute Gasteiger partial charge is 0.472 e. The molecule has 4 aromatic heterocycles. The number of aromatic amines is 1. The normalized spacial score (nSPS) is 15.1. The van der Waals surface area contributed by atoms with Crippen molar-refractivity contribution < 1.29 is 9.53 Å². The molecule has 1 atom stereocenters. The van der Waals surface area contributed by atoms with Gasteiger partial charge in [-0.2, -0.15) is 10.1 Å². The highest BCUT2D eigenvalue weighted by molar-refractivity contribution is 6.06. The molecule has 0 aliphatic carbocycles. The van der Waals surface area contributed by atoms with E-state index in [4.69, 9.17) is 9.72 Å². The zero-order chi connectivity index (χ0) is 29.9. The molecule has 222 valence electrons. The number of anilines is 4. The van der Waals surface area contributed by atoms with Crippen molar-refractivity contribution in [1.29, 1.82) is 0 Å². The molecule has 5 heterocycles. The quantitative estimate of drug-likeness (QED) is 0.190. The summed E-state index contributed by atoms with van der Waals surface area (Å²) in [6.07, 6.45) is 7.76. The Balaban J connectivity index is 1.12. The Bertz CT molecular complexity index is 1740. The van der Waals surface area contributed by atoms with Gasteiger partial charge < -0.3 is 25.7 Å². The maximum atomic E-state index is 13.1. The minimum absolute atomic E-state index is 0.0504. The average Bonchev–Trinajstić information content (AvgIpc) is 3.69. The highest BCUT2D eigenvalue weighted by Crippen LogP contribution is 2.33. The first-order valence-corrected chi connectivity index (χ1v) is 14.3. The van der Waals surface area contributed by atoms with Crippen LogP contribution >= 0.6 is 0 Å². The molecule has 1 amide bonds. The van der Waals surface area contributed by atoms with Gasteiger partial charge in [0.2, 0.25) is 17.7 Å². The molecule has 1 unspecified atom stereocenters. The predicted octanol–water partition coefficient (Wildman–Crippen LogP) is 4.03. The van der Waals surface area contributed by atoms with Crippen molar-refractivity contribution in [2.45, 2.75) is 33.3 Å². The molecule has 1 aromatic carbocycles. The number of amides is 1. The van der Waals surface area contributed by atoms with Gasteiger partial charge in [0.1, 0.15) is 11.9 Å². The van der Waals surface area contributed by atoms with Crippen LogP contribution in [0.2, 0.25) is 0 Å². The van der Waals surface area contributed by atoms with Gasteiger partial charge in [0, 0.05) is 61.8 Å². The molecule has 0 bridgehead atoms. The fraction of sp³-hybridized carbons (Fsp3) is 0.333. The number of hydrogen-bond donors (Lipinski definition) is 4. The van der Waals surface area contributed by atoms with Crippen LogP contribution in [-0.4, -0.2) is 77.8 Å². The Kier molecular flexibility index (Phi) is 7.88. The van der Waals surface area contributed by atoms with Gasteiger partial charge in [-0.3, -0.25) is 19.4 Å². The number of fused-ring (bicyclic) bond motifs is 1. The number of H-pyrrole nitrogens is 1. The van der Waals surface area contributed by atoms with Crippen molar-refractivity contribution in [3.05, 3.63) is 60.3 Å². The zero-order valence-corrected chi connectivity index (χ0v) is 24.7. The van der Waals surface area contributed by atoms with E-state index in [0.717, 1.165) is 52.9 Å². The zero-order valence-electron chi connectivity index (χ0n) is 24.7. The van der Waals surface area contributed by atoms with Crippen LogP contribution in [0, 0.1) is 13.8 Å². The summed E-state index contributed by atoms with van der Waals surface area (Å²) in [4.78, 5) is 36.4. The molecule has 6 rings (SSSR count). The molecule has 0 radical (unpaired) electrons. The van der Waals surface area contributed by atoms with Gasteiger partial charge >= 0.3 is 0 Å².